The lowest BCUT2D eigenvalue weighted by Crippen LogP contribution is -2.49. The third-order valence-corrected chi connectivity index (χ3v) is 5.60. The number of carbonyl (C=O) groups is 2. The first kappa shape index (κ1) is 25.1. The van der Waals surface area contributed by atoms with Crippen LogP contribution < -0.4 is 10.6 Å². The molecule has 0 aromatic heterocycles. The van der Waals surface area contributed by atoms with Crippen LogP contribution in [0.3, 0.4) is 0 Å². The Morgan fingerprint density at radius 3 is 1.79 bits per heavy atom. The SMILES string of the molecule is C#CC1(NC(=O)c2ccccc2C(=O)Nc2cc(C(F)(F)F)cc(C(F)(F)F)c2)CCCCC1. The Morgan fingerprint density at radius 1 is 0.824 bits per heavy atom. The molecular weight excluding hydrogens is 462 g/mol. The van der Waals surface area contributed by atoms with Gasteiger partial charge < -0.3 is 10.6 Å². The van der Waals surface area contributed by atoms with Gasteiger partial charge in [-0.05, 0) is 43.2 Å². The van der Waals surface area contributed by atoms with Crippen molar-refractivity contribution in [2.75, 3.05) is 5.32 Å². The summed E-state index contributed by atoms with van der Waals surface area (Å²) in [6.07, 6.45) is -0.814. The number of alkyl halides is 6. The van der Waals surface area contributed by atoms with Crippen molar-refractivity contribution in [3.05, 3.63) is 64.7 Å². The Bertz CT molecular complexity index is 1090. The van der Waals surface area contributed by atoms with Crippen molar-refractivity contribution in [1.29, 1.82) is 0 Å². The average molecular weight is 482 g/mol. The largest absolute Gasteiger partial charge is 0.416 e. The second-order valence-corrected chi connectivity index (χ2v) is 8.04. The standard InChI is InChI=1S/C24H20F6N2O2/c1-2-22(10-6-3-7-11-22)32-21(34)19-9-5-4-8-18(19)20(33)31-17-13-15(23(25,26)27)12-16(14-17)24(28,29)30/h1,4-5,8-9,12-14H,3,6-7,10-11H2,(H,31,33)(H,32,34). The maximum Gasteiger partial charge on any atom is 0.416 e. The zero-order valence-electron chi connectivity index (χ0n) is 17.7. The second kappa shape index (κ2) is 9.41. The number of hydrogen-bond donors (Lipinski definition) is 2. The molecule has 4 nitrogen and oxygen atoms in total. The molecule has 0 heterocycles. The van der Waals surface area contributed by atoms with Crippen LogP contribution in [0.4, 0.5) is 32.0 Å². The summed E-state index contributed by atoms with van der Waals surface area (Å²) in [5.74, 6) is 0.895. The summed E-state index contributed by atoms with van der Waals surface area (Å²) in [6, 6.07) is 6.20. The first-order valence-electron chi connectivity index (χ1n) is 10.3. The third-order valence-electron chi connectivity index (χ3n) is 5.60. The van der Waals surface area contributed by atoms with Crippen molar-refractivity contribution in [2.24, 2.45) is 0 Å². The molecule has 0 bridgehead atoms. The number of terminal acetylenes is 1. The number of benzene rings is 2. The minimum Gasteiger partial charge on any atom is -0.336 e. The molecule has 0 atom stereocenters. The van der Waals surface area contributed by atoms with Crippen molar-refractivity contribution >= 4 is 17.5 Å². The normalized spacial score (nSPS) is 15.8. The van der Waals surface area contributed by atoms with Crippen LogP contribution in [0.1, 0.15) is 63.9 Å². The average Bonchev–Trinajstić information content (AvgIpc) is 2.78. The zero-order chi connectivity index (χ0) is 25.1. The molecule has 1 aliphatic carbocycles. The van der Waals surface area contributed by atoms with E-state index < -0.39 is 46.5 Å². The van der Waals surface area contributed by atoms with E-state index in [2.05, 4.69) is 11.2 Å². The topological polar surface area (TPSA) is 58.2 Å². The van der Waals surface area contributed by atoms with E-state index in [9.17, 15) is 35.9 Å². The molecule has 3 rings (SSSR count). The molecule has 1 fully saturated rings. The Labute approximate surface area is 191 Å². The molecule has 180 valence electrons. The van der Waals surface area contributed by atoms with Crippen LogP contribution in [-0.2, 0) is 12.4 Å². The molecule has 1 aliphatic rings. The molecule has 2 aromatic rings. The van der Waals surface area contributed by atoms with Crippen LogP contribution in [-0.4, -0.2) is 17.4 Å². The Hall–Kier alpha value is -3.48. The van der Waals surface area contributed by atoms with Crippen LogP contribution in [0.15, 0.2) is 42.5 Å². The summed E-state index contributed by atoms with van der Waals surface area (Å²) in [5.41, 5.74) is -5.08. The van der Waals surface area contributed by atoms with Gasteiger partial charge in [0.2, 0.25) is 0 Å². The maximum atomic E-state index is 13.1. The lowest BCUT2D eigenvalue weighted by molar-refractivity contribution is -0.143. The van der Waals surface area contributed by atoms with E-state index in [1.807, 2.05) is 5.32 Å². The van der Waals surface area contributed by atoms with Gasteiger partial charge >= 0.3 is 12.4 Å². The van der Waals surface area contributed by atoms with Crippen molar-refractivity contribution in [1.82, 2.24) is 5.32 Å². The first-order valence-corrected chi connectivity index (χ1v) is 10.3. The number of carbonyl (C=O) groups excluding carboxylic acids is 2. The highest BCUT2D eigenvalue weighted by Crippen LogP contribution is 2.37. The van der Waals surface area contributed by atoms with Crippen LogP contribution >= 0.6 is 0 Å². The van der Waals surface area contributed by atoms with Crippen molar-refractivity contribution in [3.63, 3.8) is 0 Å². The molecule has 0 spiro atoms. The summed E-state index contributed by atoms with van der Waals surface area (Å²) in [6.45, 7) is 0. The van der Waals surface area contributed by atoms with E-state index in [1.165, 1.54) is 24.3 Å². The van der Waals surface area contributed by atoms with Crippen LogP contribution in [0.2, 0.25) is 0 Å². The van der Waals surface area contributed by atoms with Crippen LogP contribution in [0, 0.1) is 12.3 Å². The van der Waals surface area contributed by atoms with Crippen molar-refractivity contribution in [3.8, 4) is 12.3 Å². The Balaban J connectivity index is 1.91. The monoisotopic (exact) mass is 482 g/mol. The third kappa shape index (κ3) is 5.71. The van der Waals surface area contributed by atoms with Gasteiger partial charge in [0.15, 0.2) is 0 Å². The minimum atomic E-state index is -5.07. The lowest BCUT2D eigenvalue weighted by atomic mass is 9.82. The van der Waals surface area contributed by atoms with Crippen LogP contribution in [0.5, 0.6) is 0 Å². The van der Waals surface area contributed by atoms with Crippen molar-refractivity contribution in [2.45, 2.75) is 50.0 Å². The van der Waals surface area contributed by atoms with Gasteiger partial charge in [0.05, 0.1) is 22.3 Å². The molecule has 0 saturated heterocycles. The fourth-order valence-corrected chi connectivity index (χ4v) is 3.85. The number of halogens is 6. The molecule has 0 radical (unpaired) electrons. The fourth-order valence-electron chi connectivity index (χ4n) is 3.85. The van der Waals surface area contributed by atoms with E-state index in [0.29, 0.717) is 25.0 Å². The molecular formula is C24H20F6N2O2. The van der Waals surface area contributed by atoms with Gasteiger partial charge in [0.25, 0.3) is 11.8 Å². The number of nitrogens with one attached hydrogen (secondary N) is 2. The molecule has 10 heteroatoms. The second-order valence-electron chi connectivity index (χ2n) is 8.04. The van der Waals surface area contributed by atoms with E-state index >= 15 is 0 Å². The van der Waals surface area contributed by atoms with Crippen molar-refractivity contribution < 1.29 is 35.9 Å². The summed E-state index contributed by atoms with van der Waals surface area (Å²) >= 11 is 0. The van der Waals surface area contributed by atoms with Crippen LogP contribution in [0.25, 0.3) is 0 Å². The molecule has 2 aromatic carbocycles. The summed E-state index contributed by atoms with van der Waals surface area (Å²) in [5, 5.41) is 4.81. The number of hydrogen-bond acceptors (Lipinski definition) is 2. The number of amides is 2. The van der Waals surface area contributed by atoms with Gasteiger partial charge in [-0.25, -0.2) is 0 Å². The molecule has 0 unspecified atom stereocenters. The quantitative estimate of drug-likeness (QED) is 0.412. The molecule has 2 amide bonds. The summed E-state index contributed by atoms with van der Waals surface area (Å²) < 4.78 is 78.7. The van der Waals surface area contributed by atoms with Gasteiger partial charge in [-0.3, -0.25) is 9.59 Å². The summed E-state index contributed by atoms with van der Waals surface area (Å²) in [7, 11) is 0. The molecule has 0 aliphatic heterocycles. The van der Waals surface area contributed by atoms with Gasteiger partial charge in [0, 0.05) is 5.69 Å². The minimum absolute atomic E-state index is 0.0412. The van der Waals surface area contributed by atoms with Gasteiger partial charge in [-0.15, -0.1) is 6.42 Å². The predicted molar refractivity (Wildman–Crippen MR) is 113 cm³/mol. The smallest absolute Gasteiger partial charge is 0.336 e. The van der Waals surface area contributed by atoms with E-state index in [0.717, 1.165) is 19.3 Å². The van der Waals surface area contributed by atoms with Gasteiger partial charge in [-0.1, -0.05) is 37.3 Å². The fraction of sp³-hybridized carbons (Fsp3) is 0.333. The molecule has 1 saturated carbocycles. The maximum absolute atomic E-state index is 13.1. The first-order chi connectivity index (χ1) is 15.8. The number of anilines is 1. The van der Waals surface area contributed by atoms with E-state index in [-0.39, 0.29) is 17.2 Å². The Kier molecular flexibility index (Phi) is 6.96. The highest BCUT2D eigenvalue weighted by atomic mass is 19.4. The molecule has 34 heavy (non-hydrogen) atoms. The summed E-state index contributed by atoms with van der Waals surface area (Å²) in [4.78, 5) is 25.8. The highest BCUT2D eigenvalue weighted by molar-refractivity contribution is 6.12. The predicted octanol–water partition coefficient (Wildman–Crippen LogP) is 6.04. The lowest BCUT2D eigenvalue weighted by Gasteiger charge is -2.33. The number of rotatable bonds is 4. The Morgan fingerprint density at radius 2 is 1.32 bits per heavy atom. The van der Waals surface area contributed by atoms with Gasteiger partial charge in [0.1, 0.15) is 5.54 Å². The van der Waals surface area contributed by atoms with E-state index in [4.69, 9.17) is 6.42 Å². The zero-order valence-corrected chi connectivity index (χ0v) is 17.7. The van der Waals surface area contributed by atoms with Gasteiger partial charge in [-0.2, -0.15) is 26.3 Å². The molecule has 2 N–H and O–H groups in total. The highest BCUT2D eigenvalue weighted by Gasteiger charge is 2.37. The van der Waals surface area contributed by atoms with E-state index in [1.54, 1.807) is 0 Å².